The minimum atomic E-state index is -1.03. The van der Waals surface area contributed by atoms with Crippen molar-refractivity contribution in [1.29, 1.82) is 0 Å². The molecule has 0 atom stereocenters. The zero-order valence-electron chi connectivity index (χ0n) is 13.5. The van der Waals surface area contributed by atoms with Crippen LogP contribution in [0.15, 0.2) is 58.1 Å². The number of carboxylic acids is 1. The van der Waals surface area contributed by atoms with Crippen molar-refractivity contribution in [2.75, 3.05) is 6.61 Å². The Bertz CT molecular complexity index is 788. The molecule has 0 fully saturated rings. The number of benzene rings is 2. The summed E-state index contributed by atoms with van der Waals surface area (Å²) >= 11 is 3.33. The van der Waals surface area contributed by atoms with Crippen molar-refractivity contribution in [3.05, 3.63) is 64.1 Å². The van der Waals surface area contributed by atoms with Gasteiger partial charge in [-0.25, -0.2) is 10.2 Å². The lowest BCUT2D eigenvalue weighted by Crippen LogP contribution is -2.20. The molecule has 0 radical (unpaired) electrons. The van der Waals surface area contributed by atoms with Crippen molar-refractivity contribution in [3.8, 4) is 5.75 Å². The highest BCUT2D eigenvalue weighted by atomic mass is 79.9. The Morgan fingerprint density at radius 1 is 1.16 bits per heavy atom. The van der Waals surface area contributed by atoms with E-state index in [9.17, 15) is 9.59 Å². The van der Waals surface area contributed by atoms with E-state index in [4.69, 9.17) is 9.84 Å². The fraction of sp³-hybridized carbons (Fsp3) is 0.167. The maximum Gasteiger partial charge on any atom is 0.341 e. The first-order chi connectivity index (χ1) is 12.0. The molecule has 0 aliphatic carbocycles. The molecule has 1 amide bonds. The second kappa shape index (κ2) is 8.98. The van der Waals surface area contributed by atoms with E-state index in [2.05, 4.69) is 26.5 Å². The Hall–Kier alpha value is -2.67. The molecular weight excluding hydrogens is 388 g/mol. The first kappa shape index (κ1) is 18.7. The molecule has 0 bridgehead atoms. The van der Waals surface area contributed by atoms with Crippen LogP contribution in [0.5, 0.6) is 5.75 Å². The third-order valence-electron chi connectivity index (χ3n) is 3.30. The summed E-state index contributed by atoms with van der Waals surface area (Å²) in [6.07, 6.45) is 0.617. The molecule has 2 rings (SSSR count). The van der Waals surface area contributed by atoms with Gasteiger partial charge in [-0.15, -0.1) is 0 Å². The van der Waals surface area contributed by atoms with Gasteiger partial charge in [-0.2, -0.15) is 5.10 Å². The van der Waals surface area contributed by atoms with Gasteiger partial charge < -0.3 is 9.84 Å². The maximum absolute atomic E-state index is 12.2. The first-order valence-corrected chi connectivity index (χ1v) is 8.37. The third kappa shape index (κ3) is 5.42. The van der Waals surface area contributed by atoms with Crippen molar-refractivity contribution in [2.45, 2.75) is 13.3 Å². The highest BCUT2D eigenvalue weighted by Crippen LogP contribution is 2.16. The predicted molar refractivity (Wildman–Crippen MR) is 98.0 cm³/mol. The number of carbonyl (C=O) groups excluding carboxylic acids is 1. The molecule has 2 N–H and O–H groups in total. The molecule has 0 aliphatic heterocycles. The lowest BCUT2D eigenvalue weighted by atomic mass is 10.1. The highest BCUT2D eigenvalue weighted by molar-refractivity contribution is 9.10. The monoisotopic (exact) mass is 404 g/mol. The molecule has 0 spiro atoms. The highest BCUT2D eigenvalue weighted by Gasteiger charge is 2.09. The molecule has 0 unspecified atom stereocenters. The third-order valence-corrected chi connectivity index (χ3v) is 3.99. The largest absolute Gasteiger partial charge is 0.482 e. The number of hydrogen-bond donors (Lipinski definition) is 2. The van der Waals surface area contributed by atoms with Gasteiger partial charge in [0.25, 0.3) is 5.91 Å². The van der Waals surface area contributed by atoms with E-state index in [1.807, 2.05) is 13.0 Å². The van der Waals surface area contributed by atoms with Crippen LogP contribution in [0, 0.1) is 0 Å². The maximum atomic E-state index is 12.2. The van der Waals surface area contributed by atoms with Crippen LogP contribution < -0.4 is 10.2 Å². The van der Waals surface area contributed by atoms with Crippen LogP contribution >= 0.6 is 15.9 Å². The Morgan fingerprint density at radius 3 is 2.44 bits per heavy atom. The van der Waals surface area contributed by atoms with Crippen molar-refractivity contribution >= 4 is 33.5 Å². The molecule has 0 aromatic heterocycles. The number of nitrogens with one attached hydrogen (secondary N) is 1. The van der Waals surface area contributed by atoms with E-state index < -0.39 is 12.6 Å². The number of halogens is 1. The average Bonchev–Trinajstić information content (AvgIpc) is 2.61. The Kier molecular flexibility index (Phi) is 6.71. The summed E-state index contributed by atoms with van der Waals surface area (Å²) in [4.78, 5) is 22.7. The molecule has 130 valence electrons. The number of carboxylic acid groups (broad SMARTS) is 1. The van der Waals surface area contributed by atoms with Gasteiger partial charge in [-0.3, -0.25) is 4.79 Å². The van der Waals surface area contributed by atoms with Crippen LogP contribution in [0.1, 0.15) is 29.3 Å². The number of amides is 1. The lowest BCUT2D eigenvalue weighted by Gasteiger charge is -2.08. The number of hydrogen-bond acceptors (Lipinski definition) is 4. The Balaban J connectivity index is 2.08. The average molecular weight is 405 g/mol. The Morgan fingerprint density at radius 2 is 1.84 bits per heavy atom. The topological polar surface area (TPSA) is 88.0 Å². The normalized spacial score (nSPS) is 11.0. The number of rotatable bonds is 7. The SMILES string of the molecule is CC/C(=N/NC(=O)c1ccccc1Br)c1ccc(OCC(=O)O)cc1. The molecule has 25 heavy (non-hydrogen) atoms. The zero-order valence-corrected chi connectivity index (χ0v) is 15.1. The Labute approximate surface area is 153 Å². The van der Waals surface area contributed by atoms with Gasteiger partial charge in [0.05, 0.1) is 11.3 Å². The second-order valence-electron chi connectivity index (χ2n) is 5.04. The molecule has 0 heterocycles. The minimum Gasteiger partial charge on any atom is -0.482 e. The van der Waals surface area contributed by atoms with Gasteiger partial charge in [0.15, 0.2) is 6.61 Å². The summed E-state index contributed by atoms with van der Waals surface area (Å²) in [7, 11) is 0. The minimum absolute atomic E-state index is 0.306. The summed E-state index contributed by atoms with van der Waals surface area (Å²) < 4.78 is 5.79. The van der Waals surface area contributed by atoms with Gasteiger partial charge in [0.1, 0.15) is 5.75 Å². The van der Waals surface area contributed by atoms with Crippen LogP contribution in [0.2, 0.25) is 0 Å². The number of ether oxygens (including phenoxy) is 1. The number of carbonyl (C=O) groups is 2. The fourth-order valence-corrected chi connectivity index (χ4v) is 2.53. The lowest BCUT2D eigenvalue weighted by molar-refractivity contribution is -0.139. The van der Waals surface area contributed by atoms with Crippen molar-refractivity contribution in [2.24, 2.45) is 5.10 Å². The van der Waals surface area contributed by atoms with Gasteiger partial charge in [-0.1, -0.05) is 19.1 Å². The van der Waals surface area contributed by atoms with Crippen LogP contribution in [-0.4, -0.2) is 29.3 Å². The summed E-state index contributed by atoms with van der Waals surface area (Å²) in [5.41, 5.74) is 4.57. The number of nitrogens with zero attached hydrogens (tertiary/aromatic N) is 1. The second-order valence-corrected chi connectivity index (χ2v) is 5.89. The van der Waals surface area contributed by atoms with Crippen LogP contribution in [-0.2, 0) is 4.79 Å². The van der Waals surface area contributed by atoms with Crippen LogP contribution in [0.3, 0.4) is 0 Å². The summed E-state index contributed by atoms with van der Waals surface area (Å²) in [5.74, 6) is -0.881. The molecule has 6 nitrogen and oxygen atoms in total. The van der Waals surface area contributed by atoms with E-state index in [-0.39, 0.29) is 5.91 Å². The van der Waals surface area contributed by atoms with Crippen molar-refractivity contribution in [3.63, 3.8) is 0 Å². The van der Waals surface area contributed by atoms with Crippen molar-refractivity contribution in [1.82, 2.24) is 5.43 Å². The molecule has 7 heteroatoms. The van der Waals surface area contributed by atoms with E-state index in [1.54, 1.807) is 42.5 Å². The van der Waals surface area contributed by atoms with Gasteiger partial charge >= 0.3 is 5.97 Å². The van der Waals surface area contributed by atoms with E-state index >= 15 is 0 Å². The van der Waals surface area contributed by atoms with E-state index in [0.29, 0.717) is 27.9 Å². The van der Waals surface area contributed by atoms with Gasteiger partial charge in [-0.05, 0) is 64.3 Å². The summed E-state index contributed by atoms with van der Waals surface area (Å²) in [6.45, 7) is 1.54. The molecule has 0 saturated carbocycles. The predicted octanol–water partition coefficient (Wildman–Crippen LogP) is 3.46. The number of aliphatic carboxylic acids is 1. The quantitative estimate of drug-likeness (QED) is 0.546. The fourth-order valence-electron chi connectivity index (χ4n) is 2.06. The smallest absolute Gasteiger partial charge is 0.341 e. The van der Waals surface area contributed by atoms with Crippen LogP contribution in [0.25, 0.3) is 0 Å². The molecule has 2 aromatic carbocycles. The molecule has 0 saturated heterocycles. The number of hydrazone groups is 1. The summed E-state index contributed by atoms with van der Waals surface area (Å²) in [5, 5.41) is 12.8. The van der Waals surface area contributed by atoms with Crippen LogP contribution in [0.4, 0.5) is 0 Å². The van der Waals surface area contributed by atoms with Crippen molar-refractivity contribution < 1.29 is 19.4 Å². The van der Waals surface area contributed by atoms with Gasteiger partial charge in [0, 0.05) is 4.47 Å². The summed E-state index contributed by atoms with van der Waals surface area (Å²) in [6, 6.07) is 14.0. The zero-order chi connectivity index (χ0) is 18.2. The molecule has 0 aliphatic rings. The van der Waals surface area contributed by atoms with E-state index in [0.717, 1.165) is 5.56 Å². The molecule has 2 aromatic rings. The first-order valence-electron chi connectivity index (χ1n) is 7.57. The van der Waals surface area contributed by atoms with E-state index in [1.165, 1.54) is 0 Å². The standard InChI is InChI=1S/C18H17BrN2O4/c1-2-16(12-7-9-13(10-8-12)25-11-17(22)23)20-21-18(24)14-5-3-4-6-15(14)19/h3-10H,2,11H2,1H3,(H,21,24)(H,22,23)/b20-16-. The molecular formula is C18H17BrN2O4. The van der Waals surface area contributed by atoms with Gasteiger partial charge in [0.2, 0.25) is 0 Å².